The summed E-state index contributed by atoms with van der Waals surface area (Å²) in [6.07, 6.45) is 3.81. The Morgan fingerprint density at radius 3 is 2.60 bits per heavy atom. The van der Waals surface area contributed by atoms with Crippen molar-refractivity contribution in [3.8, 4) is 5.75 Å². The smallest absolute Gasteiger partial charge is 0.191 e. The molecule has 2 unspecified atom stereocenters. The van der Waals surface area contributed by atoms with Gasteiger partial charge in [-0.3, -0.25) is 9.89 Å². The van der Waals surface area contributed by atoms with Crippen LogP contribution in [0.2, 0.25) is 0 Å². The zero-order chi connectivity index (χ0) is 20.5. The molecule has 0 bridgehead atoms. The van der Waals surface area contributed by atoms with Gasteiger partial charge >= 0.3 is 0 Å². The molecule has 2 N–H and O–H groups in total. The number of likely N-dealkylation sites (tertiary alicyclic amines) is 2. The fraction of sp³-hybridized carbons (Fsp3) is 0.696. The van der Waals surface area contributed by atoms with E-state index in [1.54, 1.807) is 7.11 Å². The van der Waals surface area contributed by atoms with Crippen LogP contribution in [0.1, 0.15) is 44.7 Å². The topological polar surface area (TPSA) is 52.1 Å². The van der Waals surface area contributed by atoms with Crippen molar-refractivity contribution in [2.45, 2.75) is 39.2 Å². The average Bonchev–Trinajstić information content (AvgIpc) is 3.44. The van der Waals surface area contributed by atoms with Gasteiger partial charge in [-0.15, -0.1) is 24.0 Å². The molecular weight excluding hydrogens is 489 g/mol. The molecule has 2 aliphatic heterocycles. The van der Waals surface area contributed by atoms with E-state index in [1.807, 2.05) is 6.07 Å². The van der Waals surface area contributed by atoms with Crippen LogP contribution in [-0.4, -0.2) is 75.2 Å². The molecule has 2 atom stereocenters. The first-order valence-electron chi connectivity index (χ1n) is 11.4. The van der Waals surface area contributed by atoms with Crippen LogP contribution < -0.4 is 15.4 Å². The minimum Gasteiger partial charge on any atom is -0.496 e. The first-order chi connectivity index (χ1) is 14.2. The number of para-hydroxylation sites is 1. The third kappa shape index (κ3) is 6.99. The number of ether oxygens (including phenoxy) is 1. The van der Waals surface area contributed by atoms with Gasteiger partial charge < -0.3 is 20.3 Å². The fourth-order valence-electron chi connectivity index (χ4n) is 4.53. The monoisotopic (exact) mass is 529 g/mol. The van der Waals surface area contributed by atoms with Crippen molar-refractivity contribution >= 4 is 29.9 Å². The first kappa shape index (κ1) is 25.2. The lowest BCUT2D eigenvalue weighted by Gasteiger charge is -2.28. The molecular formula is C23H40IN5O. The Kier molecular flexibility index (Phi) is 11.2. The summed E-state index contributed by atoms with van der Waals surface area (Å²) < 4.78 is 5.66. The molecule has 0 aliphatic carbocycles. The van der Waals surface area contributed by atoms with Crippen LogP contribution in [0.15, 0.2) is 29.3 Å². The second-order valence-electron chi connectivity index (χ2n) is 8.15. The largest absolute Gasteiger partial charge is 0.496 e. The lowest BCUT2D eigenvalue weighted by atomic mass is 10.0. The summed E-state index contributed by atoms with van der Waals surface area (Å²) in [5, 5.41) is 7.03. The van der Waals surface area contributed by atoms with Crippen molar-refractivity contribution in [1.29, 1.82) is 0 Å². The Balaban J connectivity index is 0.00000320. The standard InChI is InChI=1S/C23H39N5O.HI/c1-4-24-23(25-16-19-12-15-27(5-2)18-19)26-17-21(28-13-8-9-14-28)20-10-6-7-11-22(20)29-3;/h6-7,10-11,19,21H,4-5,8-9,12-18H2,1-3H3,(H2,24,25,26);1H. The maximum atomic E-state index is 5.66. The van der Waals surface area contributed by atoms with E-state index in [-0.39, 0.29) is 30.0 Å². The lowest BCUT2D eigenvalue weighted by Crippen LogP contribution is -2.41. The summed E-state index contributed by atoms with van der Waals surface area (Å²) in [5.41, 5.74) is 1.24. The SMILES string of the molecule is CCNC(=NCC(c1ccccc1OC)N1CCCC1)NCC1CCN(CC)C1.I. The summed E-state index contributed by atoms with van der Waals surface area (Å²) in [5.74, 6) is 2.60. The molecule has 0 aromatic heterocycles. The maximum absolute atomic E-state index is 5.66. The minimum atomic E-state index is 0. The number of halogens is 1. The molecule has 0 saturated carbocycles. The molecule has 0 spiro atoms. The van der Waals surface area contributed by atoms with Gasteiger partial charge in [0.1, 0.15) is 5.75 Å². The van der Waals surface area contributed by atoms with E-state index in [4.69, 9.17) is 9.73 Å². The molecule has 2 heterocycles. The van der Waals surface area contributed by atoms with Gasteiger partial charge in [0.25, 0.3) is 0 Å². The summed E-state index contributed by atoms with van der Waals surface area (Å²) in [4.78, 5) is 10.1. The molecule has 1 aromatic rings. The van der Waals surface area contributed by atoms with Crippen LogP contribution in [0.4, 0.5) is 0 Å². The van der Waals surface area contributed by atoms with Gasteiger partial charge in [0.05, 0.1) is 19.7 Å². The molecule has 2 saturated heterocycles. The summed E-state index contributed by atoms with van der Waals surface area (Å²) in [6, 6.07) is 8.65. The van der Waals surface area contributed by atoms with Gasteiger partial charge in [0.15, 0.2) is 5.96 Å². The Labute approximate surface area is 199 Å². The average molecular weight is 530 g/mol. The Morgan fingerprint density at radius 1 is 1.17 bits per heavy atom. The molecule has 0 radical (unpaired) electrons. The third-order valence-electron chi connectivity index (χ3n) is 6.22. The lowest BCUT2D eigenvalue weighted by molar-refractivity contribution is 0.245. The van der Waals surface area contributed by atoms with Crippen molar-refractivity contribution in [1.82, 2.24) is 20.4 Å². The van der Waals surface area contributed by atoms with E-state index in [9.17, 15) is 0 Å². The molecule has 6 nitrogen and oxygen atoms in total. The number of guanidine groups is 1. The quantitative estimate of drug-likeness (QED) is 0.292. The zero-order valence-corrected chi connectivity index (χ0v) is 21.2. The highest BCUT2D eigenvalue weighted by Crippen LogP contribution is 2.31. The molecule has 1 aromatic carbocycles. The highest BCUT2D eigenvalue weighted by molar-refractivity contribution is 14.0. The molecule has 30 heavy (non-hydrogen) atoms. The van der Waals surface area contributed by atoms with Crippen LogP contribution in [0, 0.1) is 5.92 Å². The van der Waals surface area contributed by atoms with E-state index in [0.29, 0.717) is 5.92 Å². The third-order valence-corrected chi connectivity index (χ3v) is 6.22. The van der Waals surface area contributed by atoms with Gasteiger partial charge in [-0.2, -0.15) is 0 Å². The zero-order valence-electron chi connectivity index (χ0n) is 18.9. The van der Waals surface area contributed by atoms with E-state index in [0.717, 1.165) is 51.0 Å². The fourth-order valence-corrected chi connectivity index (χ4v) is 4.53. The Hall–Kier alpha value is -1.06. The van der Waals surface area contributed by atoms with Gasteiger partial charge in [-0.05, 0) is 64.3 Å². The minimum absolute atomic E-state index is 0. The van der Waals surface area contributed by atoms with E-state index in [1.165, 1.54) is 37.9 Å². The molecule has 170 valence electrons. The van der Waals surface area contributed by atoms with Crippen LogP contribution >= 0.6 is 24.0 Å². The van der Waals surface area contributed by atoms with Gasteiger partial charge in [0.2, 0.25) is 0 Å². The second kappa shape index (κ2) is 13.4. The number of nitrogens with one attached hydrogen (secondary N) is 2. The number of nitrogens with zero attached hydrogens (tertiary/aromatic N) is 3. The van der Waals surface area contributed by atoms with Crippen molar-refractivity contribution in [2.75, 3.05) is 59.5 Å². The number of methoxy groups -OCH3 is 1. The summed E-state index contributed by atoms with van der Waals surface area (Å²) in [7, 11) is 1.76. The Morgan fingerprint density at radius 2 is 1.93 bits per heavy atom. The first-order valence-corrected chi connectivity index (χ1v) is 11.4. The van der Waals surface area contributed by atoms with Crippen molar-refractivity contribution in [3.63, 3.8) is 0 Å². The number of hydrogen-bond donors (Lipinski definition) is 2. The number of benzene rings is 1. The van der Waals surface area contributed by atoms with Crippen LogP contribution in [0.5, 0.6) is 5.75 Å². The molecule has 0 amide bonds. The summed E-state index contributed by atoms with van der Waals surface area (Å²) >= 11 is 0. The van der Waals surface area contributed by atoms with Crippen LogP contribution in [0.3, 0.4) is 0 Å². The van der Waals surface area contributed by atoms with Crippen molar-refractivity contribution < 1.29 is 4.74 Å². The highest BCUT2D eigenvalue weighted by atomic mass is 127. The number of hydrogen-bond acceptors (Lipinski definition) is 4. The molecule has 2 aliphatic rings. The predicted molar refractivity (Wildman–Crippen MR) is 136 cm³/mol. The summed E-state index contributed by atoms with van der Waals surface area (Å²) in [6.45, 7) is 12.8. The number of rotatable bonds is 9. The van der Waals surface area contributed by atoms with Gasteiger partial charge in [-0.1, -0.05) is 25.1 Å². The van der Waals surface area contributed by atoms with Crippen molar-refractivity contribution in [2.24, 2.45) is 10.9 Å². The molecule has 2 fully saturated rings. The van der Waals surface area contributed by atoms with E-state index < -0.39 is 0 Å². The van der Waals surface area contributed by atoms with Gasteiger partial charge in [-0.25, -0.2) is 0 Å². The van der Waals surface area contributed by atoms with E-state index >= 15 is 0 Å². The second-order valence-corrected chi connectivity index (χ2v) is 8.15. The highest BCUT2D eigenvalue weighted by Gasteiger charge is 2.26. The molecule has 3 rings (SSSR count). The van der Waals surface area contributed by atoms with Gasteiger partial charge in [0, 0.05) is 25.2 Å². The predicted octanol–water partition coefficient (Wildman–Crippen LogP) is 3.35. The maximum Gasteiger partial charge on any atom is 0.191 e. The van der Waals surface area contributed by atoms with E-state index in [2.05, 4.69) is 52.5 Å². The molecule has 7 heteroatoms. The van der Waals surface area contributed by atoms with Crippen LogP contribution in [-0.2, 0) is 0 Å². The Bertz CT molecular complexity index is 650. The van der Waals surface area contributed by atoms with Crippen molar-refractivity contribution in [3.05, 3.63) is 29.8 Å². The normalized spacial score (nSPS) is 21.3. The van der Waals surface area contributed by atoms with Crippen LogP contribution in [0.25, 0.3) is 0 Å². The number of aliphatic imine (C=N–C) groups is 1.